The van der Waals surface area contributed by atoms with E-state index in [2.05, 4.69) is 4.98 Å². The number of ether oxygens (including phenoxy) is 1. The molecule has 1 aliphatic carbocycles. The van der Waals surface area contributed by atoms with Crippen LogP contribution in [0.25, 0.3) is 0 Å². The molecule has 0 unspecified atom stereocenters. The molecule has 1 aromatic heterocycles. The summed E-state index contributed by atoms with van der Waals surface area (Å²) in [6.07, 6.45) is 2.12. The lowest BCUT2D eigenvalue weighted by Gasteiger charge is -2.12. The average Bonchev–Trinajstić information content (AvgIpc) is 3.26. The van der Waals surface area contributed by atoms with Gasteiger partial charge in [0.2, 0.25) is 0 Å². The van der Waals surface area contributed by atoms with E-state index in [1.807, 2.05) is 30.3 Å². The molecule has 20 heavy (non-hydrogen) atoms. The second kappa shape index (κ2) is 5.77. The molecule has 0 bridgehead atoms. The van der Waals surface area contributed by atoms with E-state index in [0.29, 0.717) is 12.5 Å². The van der Waals surface area contributed by atoms with Crippen LogP contribution >= 0.6 is 11.6 Å². The Morgan fingerprint density at radius 3 is 2.75 bits per heavy atom. The largest absolute Gasteiger partial charge is 0.356 e. The second-order valence-electron chi connectivity index (χ2n) is 4.94. The van der Waals surface area contributed by atoms with Crippen molar-refractivity contribution in [2.75, 3.05) is 0 Å². The first-order valence-electron chi connectivity index (χ1n) is 6.63. The molecule has 0 amide bonds. The lowest BCUT2D eigenvalue weighted by atomic mass is 10.2. The summed E-state index contributed by atoms with van der Waals surface area (Å²) in [6.45, 7) is 0.684. The highest BCUT2D eigenvalue weighted by atomic mass is 35.5. The molecule has 3 rings (SSSR count). The summed E-state index contributed by atoms with van der Waals surface area (Å²) in [4.78, 5) is 16.3. The first-order chi connectivity index (χ1) is 9.74. The van der Waals surface area contributed by atoms with Crippen molar-refractivity contribution < 1.29 is 4.74 Å². The Kier molecular flexibility index (Phi) is 3.85. The van der Waals surface area contributed by atoms with Crippen molar-refractivity contribution in [1.82, 2.24) is 9.55 Å². The van der Waals surface area contributed by atoms with E-state index in [4.69, 9.17) is 16.3 Å². The van der Waals surface area contributed by atoms with Gasteiger partial charge in [-0.3, -0.25) is 9.36 Å². The molecule has 0 saturated heterocycles. The quantitative estimate of drug-likeness (QED) is 0.795. The molecule has 0 radical (unpaired) electrons. The summed E-state index contributed by atoms with van der Waals surface area (Å²) in [6, 6.07) is 11.2. The van der Waals surface area contributed by atoms with Gasteiger partial charge >= 0.3 is 0 Å². The standard InChI is InChI=1S/C15H15ClN2O2/c16-13-8-14(19)18(15(17-13)12-6-7-12)10-20-9-11-4-2-1-3-5-11/h1-5,8,12H,6-7,9-10H2. The number of hydrogen-bond acceptors (Lipinski definition) is 3. The van der Waals surface area contributed by atoms with Crippen molar-refractivity contribution in [2.24, 2.45) is 0 Å². The molecule has 1 aliphatic rings. The Bertz CT molecular complexity index is 651. The minimum absolute atomic E-state index is 0.153. The number of aromatic nitrogens is 2. The zero-order chi connectivity index (χ0) is 13.9. The van der Waals surface area contributed by atoms with Gasteiger partial charge in [0.15, 0.2) is 0 Å². The van der Waals surface area contributed by atoms with Crippen LogP contribution in [0.2, 0.25) is 5.15 Å². The summed E-state index contributed by atoms with van der Waals surface area (Å²) < 4.78 is 7.20. The van der Waals surface area contributed by atoms with Gasteiger partial charge < -0.3 is 4.74 Å². The summed E-state index contributed by atoms with van der Waals surface area (Å²) in [5, 5.41) is 0.260. The Morgan fingerprint density at radius 1 is 1.30 bits per heavy atom. The van der Waals surface area contributed by atoms with E-state index in [1.54, 1.807) is 4.57 Å². The fourth-order valence-corrected chi connectivity index (χ4v) is 2.29. The third-order valence-electron chi connectivity index (χ3n) is 3.28. The Morgan fingerprint density at radius 2 is 2.05 bits per heavy atom. The molecular formula is C15H15ClN2O2. The lowest BCUT2D eigenvalue weighted by Crippen LogP contribution is -2.25. The van der Waals surface area contributed by atoms with Crippen molar-refractivity contribution in [1.29, 1.82) is 0 Å². The molecule has 0 N–H and O–H groups in total. The minimum atomic E-state index is -0.153. The molecule has 0 spiro atoms. The van der Waals surface area contributed by atoms with E-state index in [-0.39, 0.29) is 17.4 Å². The highest BCUT2D eigenvalue weighted by molar-refractivity contribution is 6.29. The van der Waals surface area contributed by atoms with Crippen LogP contribution in [0.1, 0.15) is 30.1 Å². The maximum atomic E-state index is 12.0. The van der Waals surface area contributed by atoms with E-state index in [9.17, 15) is 4.79 Å². The SMILES string of the molecule is O=c1cc(Cl)nc(C2CC2)n1COCc1ccccc1. The molecule has 0 aliphatic heterocycles. The average molecular weight is 291 g/mol. The van der Waals surface area contributed by atoms with Crippen LogP contribution in [0, 0.1) is 0 Å². The first-order valence-corrected chi connectivity index (χ1v) is 7.01. The van der Waals surface area contributed by atoms with Crippen molar-refractivity contribution in [2.45, 2.75) is 32.1 Å². The van der Waals surface area contributed by atoms with Gasteiger partial charge in [-0.15, -0.1) is 0 Å². The van der Waals surface area contributed by atoms with Gasteiger partial charge in [-0.25, -0.2) is 4.98 Å². The zero-order valence-corrected chi connectivity index (χ0v) is 11.7. The molecule has 1 aromatic carbocycles. The Labute approximate surface area is 122 Å². The third kappa shape index (κ3) is 3.08. The number of hydrogen-bond donors (Lipinski definition) is 0. The monoisotopic (exact) mass is 290 g/mol. The smallest absolute Gasteiger partial charge is 0.256 e. The molecule has 1 heterocycles. The van der Waals surface area contributed by atoms with Crippen LogP contribution in [-0.4, -0.2) is 9.55 Å². The van der Waals surface area contributed by atoms with E-state index in [1.165, 1.54) is 6.07 Å². The molecular weight excluding hydrogens is 276 g/mol. The highest BCUT2D eigenvalue weighted by Gasteiger charge is 2.28. The van der Waals surface area contributed by atoms with Crippen molar-refractivity contribution in [3.8, 4) is 0 Å². The first kappa shape index (κ1) is 13.3. The van der Waals surface area contributed by atoms with Gasteiger partial charge in [0.25, 0.3) is 5.56 Å². The molecule has 5 heteroatoms. The van der Waals surface area contributed by atoms with E-state index in [0.717, 1.165) is 24.2 Å². The summed E-state index contributed by atoms with van der Waals surface area (Å²) in [5.74, 6) is 1.09. The van der Waals surface area contributed by atoms with Crippen molar-refractivity contribution in [3.63, 3.8) is 0 Å². The fourth-order valence-electron chi connectivity index (χ4n) is 2.11. The van der Waals surface area contributed by atoms with Crippen LogP contribution in [0.3, 0.4) is 0 Å². The molecule has 4 nitrogen and oxygen atoms in total. The van der Waals surface area contributed by atoms with Crippen LogP contribution in [0.4, 0.5) is 0 Å². The van der Waals surface area contributed by atoms with Gasteiger partial charge in [-0.05, 0) is 18.4 Å². The molecule has 1 saturated carbocycles. The second-order valence-corrected chi connectivity index (χ2v) is 5.33. The molecule has 0 atom stereocenters. The van der Waals surface area contributed by atoms with E-state index >= 15 is 0 Å². The summed E-state index contributed by atoms with van der Waals surface area (Å²) >= 11 is 5.86. The minimum Gasteiger partial charge on any atom is -0.356 e. The van der Waals surface area contributed by atoms with Gasteiger partial charge in [0, 0.05) is 12.0 Å². The number of rotatable bonds is 5. The van der Waals surface area contributed by atoms with Gasteiger partial charge in [-0.1, -0.05) is 41.9 Å². The highest BCUT2D eigenvalue weighted by Crippen LogP contribution is 2.38. The van der Waals surface area contributed by atoms with Gasteiger partial charge in [0.05, 0.1) is 6.61 Å². The zero-order valence-electron chi connectivity index (χ0n) is 11.0. The van der Waals surface area contributed by atoms with Crippen molar-refractivity contribution in [3.05, 3.63) is 63.3 Å². The normalized spacial score (nSPS) is 14.4. The van der Waals surface area contributed by atoms with Crippen LogP contribution in [-0.2, 0) is 18.1 Å². The van der Waals surface area contributed by atoms with Gasteiger partial charge in [-0.2, -0.15) is 0 Å². The number of benzene rings is 1. The maximum absolute atomic E-state index is 12.0. The van der Waals surface area contributed by atoms with E-state index < -0.39 is 0 Å². The van der Waals surface area contributed by atoms with Crippen LogP contribution in [0.15, 0.2) is 41.2 Å². The molecule has 2 aromatic rings. The number of halogens is 1. The van der Waals surface area contributed by atoms with Crippen LogP contribution in [0.5, 0.6) is 0 Å². The lowest BCUT2D eigenvalue weighted by molar-refractivity contribution is 0.0590. The fraction of sp³-hybridized carbons (Fsp3) is 0.333. The summed E-state index contributed by atoms with van der Waals surface area (Å²) in [7, 11) is 0. The summed E-state index contributed by atoms with van der Waals surface area (Å²) in [5.41, 5.74) is 0.926. The predicted octanol–water partition coefficient (Wildman–Crippen LogP) is 2.95. The van der Waals surface area contributed by atoms with Gasteiger partial charge in [0.1, 0.15) is 17.7 Å². The topological polar surface area (TPSA) is 44.1 Å². The Balaban J connectivity index is 1.72. The molecule has 104 valence electrons. The Hall–Kier alpha value is -1.65. The molecule has 1 fully saturated rings. The van der Waals surface area contributed by atoms with Crippen LogP contribution < -0.4 is 5.56 Å². The number of nitrogens with zero attached hydrogens (tertiary/aromatic N) is 2. The van der Waals surface area contributed by atoms with Crippen molar-refractivity contribution >= 4 is 11.6 Å². The maximum Gasteiger partial charge on any atom is 0.256 e. The third-order valence-corrected chi connectivity index (χ3v) is 3.47. The predicted molar refractivity (Wildman–Crippen MR) is 76.7 cm³/mol.